The molecule has 0 spiro atoms. The molecule has 0 bridgehead atoms. The van der Waals surface area contributed by atoms with E-state index in [1.165, 1.54) is 42.4 Å². The van der Waals surface area contributed by atoms with Gasteiger partial charge in [-0.25, -0.2) is 0 Å². The normalized spacial score (nSPS) is 16.1. The fourth-order valence-corrected chi connectivity index (χ4v) is 3.45. The van der Waals surface area contributed by atoms with Gasteiger partial charge in [-0.15, -0.1) is 0 Å². The quantitative estimate of drug-likeness (QED) is 0.872. The van der Waals surface area contributed by atoms with Gasteiger partial charge in [0, 0.05) is 11.3 Å². The topological polar surface area (TPSA) is 45.7 Å². The average molecular weight is 323 g/mol. The zero-order chi connectivity index (χ0) is 16.9. The van der Waals surface area contributed by atoms with Gasteiger partial charge in [0.15, 0.2) is 6.04 Å². The third kappa shape index (κ3) is 4.04. The molecule has 0 saturated carbocycles. The zero-order valence-electron chi connectivity index (χ0n) is 14.6. The number of para-hydroxylation sites is 1. The Morgan fingerprint density at radius 3 is 2.46 bits per heavy atom. The summed E-state index contributed by atoms with van der Waals surface area (Å²) < 4.78 is 0. The Bertz CT molecular complexity index is 696. The highest BCUT2D eigenvalue weighted by molar-refractivity contribution is 5.93. The number of fused-ring (bicyclic) bond motifs is 1. The Hall–Kier alpha value is -2.13. The van der Waals surface area contributed by atoms with Gasteiger partial charge < -0.3 is 10.6 Å². The number of nitrogens with two attached hydrogens (primary N) is 1. The summed E-state index contributed by atoms with van der Waals surface area (Å²) in [6.07, 6.45) is 5.01. The number of amides is 1. The largest absolute Gasteiger partial charge is 0.330 e. The number of aryl methyl sites for hydroxylation is 2. The molecule has 1 aliphatic carbocycles. The van der Waals surface area contributed by atoms with Gasteiger partial charge in [-0.2, -0.15) is 0 Å². The summed E-state index contributed by atoms with van der Waals surface area (Å²) in [4.78, 5) is 12.4. The van der Waals surface area contributed by atoms with Gasteiger partial charge in [0.25, 0.3) is 5.91 Å². The van der Waals surface area contributed by atoms with Crippen molar-refractivity contribution in [3.8, 4) is 0 Å². The molecule has 126 valence electrons. The summed E-state index contributed by atoms with van der Waals surface area (Å²) in [5, 5.41) is 5.12. The van der Waals surface area contributed by atoms with E-state index >= 15 is 0 Å². The van der Waals surface area contributed by atoms with Gasteiger partial charge in [0.05, 0.1) is 0 Å². The van der Waals surface area contributed by atoms with Crippen LogP contribution in [0.25, 0.3) is 0 Å². The summed E-state index contributed by atoms with van der Waals surface area (Å²) >= 11 is 0. The lowest BCUT2D eigenvalue weighted by Gasteiger charge is -2.20. The van der Waals surface area contributed by atoms with Crippen LogP contribution in [0.2, 0.25) is 0 Å². The van der Waals surface area contributed by atoms with E-state index in [9.17, 15) is 4.79 Å². The van der Waals surface area contributed by atoms with Crippen LogP contribution in [0, 0.1) is 0 Å². The van der Waals surface area contributed by atoms with E-state index in [0.29, 0.717) is 0 Å². The van der Waals surface area contributed by atoms with Crippen LogP contribution in [0.3, 0.4) is 0 Å². The number of quaternary nitrogens is 1. The minimum Gasteiger partial charge on any atom is -0.330 e. The minimum atomic E-state index is -0.128. The van der Waals surface area contributed by atoms with Gasteiger partial charge in [0.2, 0.25) is 0 Å². The van der Waals surface area contributed by atoms with Crippen LogP contribution in [0.4, 0.5) is 5.69 Å². The summed E-state index contributed by atoms with van der Waals surface area (Å²) in [6.45, 7) is 4.14. The number of hydrogen-bond acceptors (Lipinski definition) is 1. The fraction of sp³-hybridized carbons (Fsp3) is 0.381. The van der Waals surface area contributed by atoms with Crippen molar-refractivity contribution in [2.75, 3.05) is 5.32 Å². The first-order chi connectivity index (χ1) is 11.6. The lowest BCUT2D eigenvalue weighted by atomic mass is 9.89. The highest BCUT2D eigenvalue weighted by Gasteiger charge is 2.21. The van der Waals surface area contributed by atoms with Gasteiger partial charge in [-0.1, -0.05) is 30.3 Å². The summed E-state index contributed by atoms with van der Waals surface area (Å²) in [5.74, 6) is 0.0472. The molecule has 2 atom stereocenters. The van der Waals surface area contributed by atoms with Crippen molar-refractivity contribution >= 4 is 11.6 Å². The van der Waals surface area contributed by atoms with Crippen LogP contribution in [-0.4, -0.2) is 11.9 Å². The second kappa shape index (κ2) is 7.63. The average Bonchev–Trinajstić information content (AvgIpc) is 2.62. The Morgan fingerprint density at radius 1 is 1.00 bits per heavy atom. The first-order valence-corrected chi connectivity index (χ1v) is 8.96. The Kier molecular flexibility index (Phi) is 5.31. The molecule has 3 heteroatoms. The molecule has 0 heterocycles. The molecule has 24 heavy (non-hydrogen) atoms. The van der Waals surface area contributed by atoms with Crippen molar-refractivity contribution in [1.82, 2.24) is 0 Å². The van der Waals surface area contributed by atoms with Crippen molar-refractivity contribution in [2.24, 2.45) is 0 Å². The maximum atomic E-state index is 12.4. The number of rotatable bonds is 5. The van der Waals surface area contributed by atoms with E-state index in [4.69, 9.17) is 0 Å². The Morgan fingerprint density at radius 2 is 1.71 bits per heavy atom. The van der Waals surface area contributed by atoms with Crippen LogP contribution in [0.5, 0.6) is 0 Å². The molecule has 0 radical (unpaired) electrons. The molecule has 0 aromatic heterocycles. The summed E-state index contributed by atoms with van der Waals surface area (Å²) in [5.41, 5.74) is 5.17. The molecule has 3 nitrogen and oxygen atoms in total. The van der Waals surface area contributed by atoms with E-state index in [2.05, 4.69) is 35.8 Å². The minimum absolute atomic E-state index is 0.0472. The van der Waals surface area contributed by atoms with E-state index in [1.807, 2.05) is 37.3 Å². The van der Waals surface area contributed by atoms with E-state index in [1.54, 1.807) is 0 Å². The predicted molar refractivity (Wildman–Crippen MR) is 98.0 cm³/mol. The zero-order valence-corrected chi connectivity index (χ0v) is 14.6. The Balaban J connectivity index is 1.61. The van der Waals surface area contributed by atoms with Gasteiger partial charge >= 0.3 is 0 Å². The summed E-state index contributed by atoms with van der Waals surface area (Å²) in [6, 6.07) is 16.6. The van der Waals surface area contributed by atoms with E-state index < -0.39 is 0 Å². The number of hydrogen-bond donors (Lipinski definition) is 2. The monoisotopic (exact) mass is 323 g/mol. The maximum absolute atomic E-state index is 12.4. The van der Waals surface area contributed by atoms with Crippen molar-refractivity contribution in [2.45, 2.75) is 51.6 Å². The fourth-order valence-electron chi connectivity index (χ4n) is 3.45. The molecule has 3 N–H and O–H groups in total. The molecule has 0 saturated heterocycles. The van der Waals surface area contributed by atoms with E-state index in [0.717, 1.165) is 5.69 Å². The van der Waals surface area contributed by atoms with Crippen LogP contribution in [-0.2, 0) is 17.6 Å². The Labute approximate surface area is 144 Å². The molecular formula is C21H27N2O+. The lowest BCUT2D eigenvalue weighted by molar-refractivity contribution is -0.709. The molecule has 1 aliphatic rings. The lowest BCUT2D eigenvalue weighted by Crippen LogP contribution is -2.91. The van der Waals surface area contributed by atoms with Crippen LogP contribution < -0.4 is 10.6 Å². The third-order valence-corrected chi connectivity index (χ3v) is 4.93. The summed E-state index contributed by atoms with van der Waals surface area (Å²) in [7, 11) is 0. The molecule has 2 aromatic rings. The highest BCUT2D eigenvalue weighted by atomic mass is 16.2. The van der Waals surface area contributed by atoms with Gasteiger partial charge in [-0.05, 0) is 68.9 Å². The number of nitrogens with one attached hydrogen (secondary N) is 1. The van der Waals surface area contributed by atoms with Crippen molar-refractivity contribution in [3.05, 3.63) is 65.2 Å². The van der Waals surface area contributed by atoms with Crippen LogP contribution >= 0.6 is 0 Å². The first-order valence-electron chi connectivity index (χ1n) is 8.96. The predicted octanol–water partition coefficient (Wildman–Crippen LogP) is 3.22. The molecule has 2 aromatic carbocycles. The van der Waals surface area contributed by atoms with Gasteiger partial charge in [0.1, 0.15) is 6.04 Å². The van der Waals surface area contributed by atoms with Crippen molar-refractivity contribution in [1.29, 1.82) is 0 Å². The number of carbonyl (C=O) groups excluding carboxylic acids is 1. The molecule has 3 rings (SSSR count). The number of carbonyl (C=O) groups is 1. The molecule has 0 fully saturated rings. The number of benzene rings is 2. The molecule has 0 unspecified atom stereocenters. The maximum Gasteiger partial charge on any atom is 0.282 e. The third-order valence-electron chi connectivity index (χ3n) is 4.93. The first kappa shape index (κ1) is 16.7. The molecule has 1 amide bonds. The number of anilines is 1. The van der Waals surface area contributed by atoms with Crippen molar-refractivity contribution in [3.63, 3.8) is 0 Å². The highest BCUT2D eigenvalue weighted by Crippen LogP contribution is 2.23. The SMILES string of the molecule is C[C@@H]([NH2+][C@H](C)c1ccc2c(c1)CCCC2)C(=O)Nc1ccccc1. The van der Waals surface area contributed by atoms with Crippen LogP contribution in [0.15, 0.2) is 48.5 Å². The smallest absolute Gasteiger partial charge is 0.282 e. The molecule has 0 aliphatic heterocycles. The second-order valence-electron chi connectivity index (χ2n) is 6.86. The molecular weight excluding hydrogens is 296 g/mol. The second-order valence-corrected chi connectivity index (χ2v) is 6.86. The van der Waals surface area contributed by atoms with Crippen molar-refractivity contribution < 1.29 is 10.1 Å². The van der Waals surface area contributed by atoms with Gasteiger partial charge in [-0.3, -0.25) is 4.79 Å². The standard InChI is InChI=1S/C21H26N2O/c1-15(18-13-12-17-8-6-7-9-19(17)14-18)22-16(2)21(24)23-20-10-4-3-5-11-20/h3-5,10-16,22H,6-9H2,1-2H3,(H,23,24)/p+1/t15-,16-/m1/s1. The van der Waals surface area contributed by atoms with Crippen LogP contribution in [0.1, 0.15) is 49.4 Å². The van der Waals surface area contributed by atoms with E-state index in [-0.39, 0.29) is 18.0 Å².